The average Bonchev–Trinajstić information content (AvgIpc) is 2.39. The molecule has 0 fully saturated rings. The van der Waals surface area contributed by atoms with E-state index in [1.54, 1.807) is 6.20 Å². The van der Waals surface area contributed by atoms with Gasteiger partial charge in [0.05, 0.1) is 6.61 Å². The number of aromatic nitrogens is 1. The first-order chi connectivity index (χ1) is 4.85. The number of nitrogens with one attached hydrogen (secondary N) is 1. The van der Waals surface area contributed by atoms with Crippen molar-refractivity contribution < 1.29 is 5.11 Å². The Balaban J connectivity index is 0.000000236. The summed E-state index contributed by atoms with van der Waals surface area (Å²) >= 11 is 0. The van der Waals surface area contributed by atoms with E-state index in [0.29, 0.717) is 0 Å². The molecule has 2 nitrogen and oxygen atoms in total. The van der Waals surface area contributed by atoms with Gasteiger partial charge in [0.25, 0.3) is 0 Å². The SMILES string of the molecule is CCC.OCc1ccc[nH]1. The van der Waals surface area contributed by atoms with Gasteiger partial charge in [-0.25, -0.2) is 0 Å². The predicted molar refractivity (Wildman–Crippen MR) is 42.7 cm³/mol. The summed E-state index contributed by atoms with van der Waals surface area (Å²) < 4.78 is 0. The molecule has 1 heterocycles. The van der Waals surface area contributed by atoms with Gasteiger partial charge in [0.2, 0.25) is 0 Å². The standard InChI is InChI=1S/C5H7NO.C3H8/c7-4-5-2-1-3-6-5;1-3-2/h1-3,6-7H,4H2;3H2,1-2H3. The molecule has 58 valence electrons. The minimum Gasteiger partial charge on any atom is -0.390 e. The molecule has 0 aliphatic carbocycles. The third-order valence-corrected chi connectivity index (χ3v) is 0.833. The minimum atomic E-state index is 0.104. The second kappa shape index (κ2) is 6.36. The van der Waals surface area contributed by atoms with Crippen LogP contribution in [0.5, 0.6) is 0 Å². The number of aliphatic hydroxyl groups excluding tert-OH is 1. The second-order valence-corrected chi connectivity index (χ2v) is 2.06. The molecule has 0 aliphatic heterocycles. The molecule has 2 heteroatoms. The zero-order valence-electron chi connectivity index (χ0n) is 6.59. The van der Waals surface area contributed by atoms with Crippen LogP contribution in [-0.4, -0.2) is 10.1 Å². The number of aliphatic hydroxyl groups is 1. The summed E-state index contributed by atoms with van der Waals surface area (Å²) in [6.07, 6.45) is 3.03. The molecule has 0 unspecified atom stereocenters. The maximum absolute atomic E-state index is 8.40. The summed E-state index contributed by atoms with van der Waals surface area (Å²) in [5.74, 6) is 0. The molecular weight excluding hydrogens is 126 g/mol. The molecule has 1 aromatic heterocycles. The largest absolute Gasteiger partial charge is 0.390 e. The van der Waals surface area contributed by atoms with Crippen LogP contribution in [0.1, 0.15) is 26.0 Å². The van der Waals surface area contributed by atoms with E-state index in [4.69, 9.17) is 5.11 Å². The summed E-state index contributed by atoms with van der Waals surface area (Å²) in [5, 5.41) is 8.40. The zero-order chi connectivity index (χ0) is 7.82. The Morgan fingerprint density at radius 3 is 2.30 bits per heavy atom. The van der Waals surface area contributed by atoms with E-state index >= 15 is 0 Å². The van der Waals surface area contributed by atoms with Gasteiger partial charge in [-0.1, -0.05) is 20.3 Å². The fourth-order valence-corrected chi connectivity index (χ4v) is 0.466. The molecular formula is C8H15NO. The highest BCUT2D eigenvalue weighted by Gasteiger charge is 1.82. The summed E-state index contributed by atoms with van der Waals surface area (Å²) in [7, 11) is 0. The van der Waals surface area contributed by atoms with E-state index < -0.39 is 0 Å². The molecule has 0 saturated heterocycles. The first-order valence-corrected chi connectivity index (χ1v) is 3.58. The Labute approximate surface area is 61.9 Å². The van der Waals surface area contributed by atoms with Crippen LogP contribution in [0.15, 0.2) is 18.3 Å². The highest BCUT2D eigenvalue weighted by atomic mass is 16.3. The summed E-state index contributed by atoms with van der Waals surface area (Å²) in [6, 6.07) is 3.69. The van der Waals surface area contributed by atoms with Gasteiger partial charge < -0.3 is 10.1 Å². The summed E-state index contributed by atoms with van der Waals surface area (Å²) in [5.41, 5.74) is 0.861. The summed E-state index contributed by atoms with van der Waals surface area (Å²) in [4.78, 5) is 2.84. The lowest BCUT2D eigenvalue weighted by Gasteiger charge is -1.81. The van der Waals surface area contributed by atoms with Gasteiger partial charge in [-0.15, -0.1) is 0 Å². The number of H-pyrrole nitrogens is 1. The number of hydrogen-bond donors (Lipinski definition) is 2. The van der Waals surface area contributed by atoms with Crippen molar-refractivity contribution in [3.8, 4) is 0 Å². The lowest BCUT2D eigenvalue weighted by atomic mass is 10.5. The van der Waals surface area contributed by atoms with Gasteiger partial charge in [-0.3, -0.25) is 0 Å². The molecule has 2 N–H and O–H groups in total. The number of rotatable bonds is 1. The monoisotopic (exact) mass is 141 g/mol. The molecule has 10 heavy (non-hydrogen) atoms. The van der Waals surface area contributed by atoms with Crippen LogP contribution in [0.25, 0.3) is 0 Å². The van der Waals surface area contributed by atoms with Crippen LogP contribution >= 0.6 is 0 Å². The molecule has 0 atom stereocenters. The second-order valence-electron chi connectivity index (χ2n) is 2.06. The molecule has 1 aromatic rings. The third kappa shape index (κ3) is 4.15. The van der Waals surface area contributed by atoms with Crippen LogP contribution in [0, 0.1) is 0 Å². The van der Waals surface area contributed by atoms with Gasteiger partial charge in [0.15, 0.2) is 0 Å². The lowest BCUT2D eigenvalue weighted by molar-refractivity contribution is 0.277. The number of aromatic amines is 1. The van der Waals surface area contributed by atoms with Crippen molar-refractivity contribution in [3.05, 3.63) is 24.0 Å². The van der Waals surface area contributed by atoms with Gasteiger partial charge in [0, 0.05) is 11.9 Å². The van der Waals surface area contributed by atoms with E-state index in [-0.39, 0.29) is 6.61 Å². The molecule has 0 amide bonds. The molecule has 0 saturated carbocycles. The summed E-state index contributed by atoms with van der Waals surface area (Å²) in [6.45, 7) is 4.35. The van der Waals surface area contributed by atoms with Crippen molar-refractivity contribution >= 4 is 0 Å². The molecule has 0 aliphatic rings. The topological polar surface area (TPSA) is 36.0 Å². The van der Waals surface area contributed by atoms with Crippen LogP contribution in [-0.2, 0) is 6.61 Å². The van der Waals surface area contributed by atoms with Crippen molar-refractivity contribution in [2.45, 2.75) is 26.9 Å². The highest BCUT2D eigenvalue weighted by Crippen LogP contribution is 1.90. The van der Waals surface area contributed by atoms with Crippen molar-refractivity contribution in [2.24, 2.45) is 0 Å². The van der Waals surface area contributed by atoms with Crippen LogP contribution < -0.4 is 0 Å². The highest BCUT2D eigenvalue weighted by molar-refractivity contribution is 5.01. The van der Waals surface area contributed by atoms with E-state index in [9.17, 15) is 0 Å². The van der Waals surface area contributed by atoms with Crippen molar-refractivity contribution in [3.63, 3.8) is 0 Å². The van der Waals surface area contributed by atoms with Crippen molar-refractivity contribution in [1.82, 2.24) is 4.98 Å². The van der Waals surface area contributed by atoms with E-state index in [1.165, 1.54) is 6.42 Å². The Kier molecular flexibility index (Phi) is 5.88. The quantitative estimate of drug-likeness (QED) is 0.616. The van der Waals surface area contributed by atoms with Gasteiger partial charge in [-0.2, -0.15) is 0 Å². The van der Waals surface area contributed by atoms with Crippen LogP contribution in [0.2, 0.25) is 0 Å². The third-order valence-electron chi connectivity index (χ3n) is 0.833. The van der Waals surface area contributed by atoms with Gasteiger partial charge in [0.1, 0.15) is 0 Å². The van der Waals surface area contributed by atoms with Crippen LogP contribution in [0.4, 0.5) is 0 Å². The molecule has 1 rings (SSSR count). The molecule has 0 aromatic carbocycles. The van der Waals surface area contributed by atoms with E-state index in [0.717, 1.165) is 5.69 Å². The Hall–Kier alpha value is -0.760. The Morgan fingerprint density at radius 2 is 2.10 bits per heavy atom. The fraction of sp³-hybridized carbons (Fsp3) is 0.500. The van der Waals surface area contributed by atoms with Crippen LogP contribution in [0.3, 0.4) is 0 Å². The first kappa shape index (κ1) is 9.24. The van der Waals surface area contributed by atoms with Crippen molar-refractivity contribution in [1.29, 1.82) is 0 Å². The fourth-order valence-electron chi connectivity index (χ4n) is 0.466. The maximum Gasteiger partial charge on any atom is 0.0830 e. The number of hydrogen-bond acceptors (Lipinski definition) is 1. The molecule has 0 bridgehead atoms. The normalized spacial score (nSPS) is 8.30. The smallest absolute Gasteiger partial charge is 0.0830 e. The van der Waals surface area contributed by atoms with Gasteiger partial charge in [-0.05, 0) is 12.1 Å². The van der Waals surface area contributed by atoms with Crippen molar-refractivity contribution in [2.75, 3.05) is 0 Å². The van der Waals surface area contributed by atoms with E-state index in [1.807, 2.05) is 12.1 Å². The average molecular weight is 141 g/mol. The van der Waals surface area contributed by atoms with E-state index in [2.05, 4.69) is 18.8 Å². The minimum absolute atomic E-state index is 0.104. The molecule has 0 radical (unpaired) electrons. The first-order valence-electron chi connectivity index (χ1n) is 3.58. The molecule has 0 spiro atoms. The maximum atomic E-state index is 8.40. The zero-order valence-corrected chi connectivity index (χ0v) is 6.59. The Morgan fingerprint density at radius 1 is 1.50 bits per heavy atom. The lowest BCUT2D eigenvalue weighted by Crippen LogP contribution is -1.77. The Bertz CT molecular complexity index is 135. The van der Waals surface area contributed by atoms with Gasteiger partial charge >= 0.3 is 0 Å². The predicted octanol–water partition coefficient (Wildman–Crippen LogP) is 1.92.